The fraction of sp³-hybridized carbons (Fsp3) is 0.500. The third-order valence-corrected chi connectivity index (χ3v) is 2.83. The number of benzene rings is 1. The van der Waals surface area contributed by atoms with Crippen molar-refractivity contribution in [2.75, 3.05) is 13.1 Å². The summed E-state index contributed by atoms with van der Waals surface area (Å²) in [5.74, 6) is -0.187. The standard InChI is InChI=1S/C14H22N2O/c1-2-3-7-10-16-14(17)13(11-15)12-8-5-4-6-9-12/h4-6,8-9,13H,2-3,7,10-11,15H2,1H3,(H,16,17). The van der Waals surface area contributed by atoms with E-state index in [1.165, 1.54) is 0 Å². The molecule has 3 heteroatoms. The van der Waals surface area contributed by atoms with E-state index in [2.05, 4.69) is 12.2 Å². The van der Waals surface area contributed by atoms with E-state index in [-0.39, 0.29) is 11.8 Å². The Morgan fingerprint density at radius 1 is 1.29 bits per heavy atom. The molecule has 0 heterocycles. The molecule has 3 N–H and O–H groups in total. The Hall–Kier alpha value is -1.35. The second-order valence-electron chi connectivity index (χ2n) is 4.20. The highest BCUT2D eigenvalue weighted by molar-refractivity contribution is 5.83. The Morgan fingerprint density at radius 3 is 2.59 bits per heavy atom. The molecule has 0 aliphatic carbocycles. The molecule has 0 saturated heterocycles. The molecule has 0 aromatic heterocycles. The third kappa shape index (κ3) is 4.57. The molecule has 94 valence electrons. The minimum absolute atomic E-state index is 0.0369. The summed E-state index contributed by atoms with van der Waals surface area (Å²) < 4.78 is 0. The maximum atomic E-state index is 11.9. The van der Waals surface area contributed by atoms with Crippen LogP contribution in [0.2, 0.25) is 0 Å². The lowest BCUT2D eigenvalue weighted by molar-refractivity contribution is -0.122. The fourth-order valence-corrected chi connectivity index (χ4v) is 1.79. The Balaban J connectivity index is 2.48. The summed E-state index contributed by atoms with van der Waals surface area (Å²) in [5.41, 5.74) is 6.66. The van der Waals surface area contributed by atoms with Gasteiger partial charge in [0, 0.05) is 13.1 Å². The zero-order chi connectivity index (χ0) is 12.5. The molecule has 0 fully saturated rings. The second-order valence-corrected chi connectivity index (χ2v) is 4.20. The molecule has 17 heavy (non-hydrogen) atoms. The van der Waals surface area contributed by atoms with Gasteiger partial charge in [-0.2, -0.15) is 0 Å². The monoisotopic (exact) mass is 234 g/mol. The Morgan fingerprint density at radius 2 is 2.00 bits per heavy atom. The van der Waals surface area contributed by atoms with E-state index in [1.807, 2.05) is 30.3 Å². The van der Waals surface area contributed by atoms with E-state index in [0.29, 0.717) is 6.54 Å². The van der Waals surface area contributed by atoms with Gasteiger partial charge in [0.15, 0.2) is 0 Å². The molecular weight excluding hydrogens is 212 g/mol. The molecule has 1 aromatic rings. The van der Waals surface area contributed by atoms with Crippen molar-refractivity contribution in [3.8, 4) is 0 Å². The third-order valence-electron chi connectivity index (χ3n) is 2.83. The first-order valence-electron chi connectivity index (χ1n) is 6.32. The summed E-state index contributed by atoms with van der Waals surface area (Å²) in [6, 6.07) is 9.70. The van der Waals surface area contributed by atoms with Crippen LogP contribution in [0.3, 0.4) is 0 Å². The van der Waals surface area contributed by atoms with Crippen LogP contribution in [0.15, 0.2) is 30.3 Å². The van der Waals surface area contributed by atoms with Crippen molar-refractivity contribution in [1.82, 2.24) is 5.32 Å². The molecule has 1 amide bonds. The van der Waals surface area contributed by atoms with Gasteiger partial charge in [-0.05, 0) is 12.0 Å². The summed E-state index contributed by atoms with van der Waals surface area (Å²) >= 11 is 0. The first-order valence-corrected chi connectivity index (χ1v) is 6.32. The predicted molar refractivity (Wildman–Crippen MR) is 70.8 cm³/mol. The van der Waals surface area contributed by atoms with Crippen molar-refractivity contribution in [3.63, 3.8) is 0 Å². The molecule has 1 aromatic carbocycles. The number of rotatable bonds is 7. The lowest BCUT2D eigenvalue weighted by Gasteiger charge is -2.15. The van der Waals surface area contributed by atoms with Gasteiger partial charge in [0.05, 0.1) is 5.92 Å². The molecule has 1 rings (SSSR count). The van der Waals surface area contributed by atoms with Crippen LogP contribution in [0.1, 0.15) is 37.7 Å². The number of nitrogens with two attached hydrogens (primary N) is 1. The summed E-state index contributed by atoms with van der Waals surface area (Å²) in [7, 11) is 0. The summed E-state index contributed by atoms with van der Waals surface area (Å²) in [6.45, 7) is 3.24. The van der Waals surface area contributed by atoms with Gasteiger partial charge in [0.25, 0.3) is 0 Å². The zero-order valence-corrected chi connectivity index (χ0v) is 10.5. The van der Waals surface area contributed by atoms with Crippen molar-refractivity contribution < 1.29 is 4.79 Å². The highest BCUT2D eigenvalue weighted by Crippen LogP contribution is 2.13. The van der Waals surface area contributed by atoms with Gasteiger partial charge < -0.3 is 11.1 Å². The van der Waals surface area contributed by atoms with E-state index in [1.54, 1.807) is 0 Å². The quantitative estimate of drug-likeness (QED) is 0.709. The van der Waals surface area contributed by atoms with Crippen molar-refractivity contribution in [2.45, 2.75) is 32.1 Å². The van der Waals surface area contributed by atoms with Crippen LogP contribution in [0.4, 0.5) is 0 Å². The lowest BCUT2D eigenvalue weighted by atomic mass is 9.98. The van der Waals surface area contributed by atoms with Crippen LogP contribution in [0.25, 0.3) is 0 Å². The topological polar surface area (TPSA) is 55.1 Å². The fourth-order valence-electron chi connectivity index (χ4n) is 1.79. The smallest absolute Gasteiger partial charge is 0.228 e. The highest BCUT2D eigenvalue weighted by atomic mass is 16.1. The number of unbranched alkanes of at least 4 members (excludes halogenated alkanes) is 2. The number of hydrogen-bond donors (Lipinski definition) is 2. The maximum absolute atomic E-state index is 11.9. The molecule has 0 aliphatic heterocycles. The largest absolute Gasteiger partial charge is 0.356 e. The molecule has 3 nitrogen and oxygen atoms in total. The van der Waals surface area contributed by atoms with Crippen molar-refractivity contribution >= 4 is 5.91 Å². The Bertz CT molecular complexity index is 324. The molecule has 0 radical (unpaired) electrons. The van der Waals surface area contributed by atoms with E-state index in [9.17, 15) is 4.79 Å². The van der Waals surface area contributed by atoms with Crippen molar-refractivity contribution in [2.24, 2.45) is 5.73 Å². The van der Waals surface area contributed by atoms with Gasteiger partial charge in [-0.3, -0.25) is 4.79 Å². The van der Waals surface area contributed by atoms with Gasteiger partial charge in [-0.25, -0.2) is 0 Å². The summed E-state index contributed by atoms with van der Waals surface area (Å²) in [4.78, 5) is 11.9. The van der Waals surface area contributed by atoms with Crippen LogP contribution in [0, 0.1) is 0 Å². The minimum Gasteiger partial charge on any atom is -0.356 e. The van der Waals surface area contributed by atoms with Crippen molar-refractivity contribution in [3.05, 3.63) is 35.9 Å². The number of nitrogens with one attached hydrogen (secondary N) is 1. The predicted octanol–water partition coefficient (Wildman–Crippen LogP) is 2.04. The van der Waals surface area contributed by atoms with E-state index in [0.717, 1.165) is 31.4 Å². The molecule has 1 unspecified atom stereocenters. The van der Waals surface area contributed by atoms with Crippen molar-refractivity contribution in [1.29, 1.82) is 0 Å². The second kappa shape index (κ2) is 7.85. The summed E-state index contributed by atoms with van der Waals surface area (Å²) in [6.07, 6.45) is 3.35. The van der Waals surface area contributed by atoms with Crippen LogP contribution in [-0.2, 0) is 4.79 Å². The lowest BCUT2D eigenvalue weighted by Crippen LogP contribution is -2.34. The molecule has 0 bridgehead atoms. The number of carbonyl (C=O) groups is 1. The SMILES string of the molecule is CCCCCNC(=O)C(CN)c1ccccc1. The van der Waals surface area contributed by atoms with E-state index in [4.69, 9.17) is 5.73 Å². The zero-order valence-electron chi connectivity index (χ0n) is 10.5. The van der Waals surface area contributed by atoms with Crippen LogP contribution in [-0.4, -0.2) is 19.0 Å². The number of amides is 1. The highest BCUT2D eigenvalue weighted by Gasteiger charge is 2.17. The first-order chi connectivity index (χ1) is 8.29. The molecule has 1 atom stereocenters. The average molecular weight is 234 g/mol. The van der Waals surface area contributed by atoms with Gasteiger partial charge in [-0.1, -0.05) is 50.1 Å². The van der Waals surface area contributed by atoms with Crippen LogP contribution < -0.4 is 11.1 Å². The van der Waals surface area contributed by atoms with Gasteiger partial charge in [0.2, 0.25) is 5.91 Å². The Kier molecular flexibility index (Phi) is 6.33. The molecular formula is C14H22N2O. The van der Waals surface area contributed by atoms with E-state index < -0.39 is 0 Å². The minimum atomic E-state index is -0.224. The van der Waals surface area contributed by atoms with Gasteiger partial charge >= 0.3 is 0 Å². The normalized spacial score (nSPS) is 12.1. The van der Waals surface area contributed by atoms with E-state index >= 15 is 0 Å². The summed E-state index contributed by atoms with van der Waals surface area (Å²) in [5, 5.41) is 2.95. The van der Waals surface area contributed by atoms with Crippen LogP contribution >= 0.6 is 0 Å². The van der Waals surface area contributed by atoms with Gasteiger partial charge in [-0.15, -0.1) is 0 Å². The molecule has 0 saturated carbocycles. The maximum Gasteiger partial charge on any atom is 0.228 e. The number of hydrogen-bond acceptors (Lipinski definition) is 2. The molecule has 0 aliphatic rings. The molecule has 0 spiro atoms. The van der Waals surface area contributed by atoms with Crippen LogP contribution in [0.5, 0.6) is 0 Å². The number of carbonyl (C=O) groups excluding carboxylic acids is 1. The average Bonchev–Trinajstić information content (AvgIpc) is 2.37. The first kappa shape index (κ1) is 13.7. The Labute approximate surface area is 103 Å². The van der Waals surface area contributed by atoms with Gasteiger partial charge in [0.1, 0.15) is 0 Å².